The molecule has 9 nitrogen and oxygen atoms in total. The minimum Gasteiger partial charge on any atom is -0.493 e. The Bertz CT molecular complexity index is 1180. The second-order valence-corrected chi connectivity index (χ2v) is 8.40. The first-order valence-electron chi connectivity index (χ1n) is 10.7. The van der Waals surface area contributed by atoms with Crippen LogP contribution in [0, 0.1) is 6.92 Å². The van der Waals surface area contributed by atoms with Crippen LogP contribution >= 0.6 is 0 Å². The maximum Gasteiger partial charge on any atom is 0.259 e. The number of hydrogen-bond acceptors (Lipinski definition) is 6. The Kier molecular flexibility index (Phi) is 7.20. The summed E-state index contributed by atoms with van der Waals surface area (Å²) in [6.07, 6.45) is 0. The largest absolute Gasteiger partial charge is 0.493 e. The molecule has 0 saturated carbocycles. The molecule has 3 rings (SSSR count). The smallest absolute Gasteiger partial charge is 0.259 e. The van der Waals surface area contributed by atoms with E-state index >= 15 is 0 Å². The van der Waals surface area contributed by atoms with Crippen LogP contribution in [-0.4, -0.2) is 59.3 Å². The molecule has 176 valence electrons. The highest BCUT2D eigenvalue weighted by molar-refractivity contribution is 6.06. The molecule has 2 aromatic heterocycles. The van der Waals surface area contributed by atoms with E-state index in [-0.39, 0.29) is 24.3 Å². The number of nitrogens with zero attached hydrogens (tertiary/aromatic N) is 4. The zero-order chi connectivity index (χ0) is 24.3. The lowest BCUT2D eigenvalue weighted by Gasteiger charge is -2.15. The van der Waals surface area contributed by atoms with Crippen LogP contribution in [0.15, 0.2) is 24.3 Å². The molecule has 0 aliphatic rings. The van der Waals surface area contributed by atoms with Crippen molar-refractivity contribution in [1.29, 1.82) is 0 Å². The Balaban J connectivity index is 1.79. The van der Waals surface area contributed by atoms with E-state index in [1.807, 2.05) is 40.0 Å². The summed E-state index contributed by atoms with van der Waals surface area (Å²) in [5, 5.41) is 8.18. The predicted molar refractivity (Wildman–Crippen MR) is 126 cm³/mol. The van der Waals surface area contributed by atoms with E-state index in [0.717, 1.165) is 22.3 Å². The minimum absolute atomic E-state index is 0.0832. The number of likely N-dealkylation sites (N-methyl/N-ethyl adjacent to an activating group) is 1. The zero-order valence-corrected chi connectivity index (χ0v) is 20.2. The van der Waals surface area contributed by atoms with Crippen LogP contribution in [-0.2, 0) is 18.4 Å². The maximum absolute atomic E-state index is 13.2. The van der Waals surface area contributed by atoms with Crippen LogP contribution in [0.5, 0.6) is 11.5 Å². The van der Waals surface area contributed by atoms with Crippen molar-refractivity contribution >= 4 is 22.8 Å². The average Bonchev–Trinajstić information content (AvgIpc) is 3.08. The molecule has 0 atom stereocenters. The highest BCUT2D eigenvalue weighted by Crippen LogP contribution is 2.28. The highest BCUT2D eigenvalue weighted by atomic mass is 16.5. The van der Waals surface area contributed by atoms with Gasteiger partial charge in [-0.2, -0.15) is 5.10 Å². The first-order valence-corrected chi connectivity index (χ1v) is 10.7. The SMILES string of the molecule is COc1cc(CNC(=O)c2cc(C(C)C)nc3c2c(C)nn3C)ccc1OCC(=O)N(C)C. The molecule has 1 aromatic carbocycles. The van der Waals surface area contributed by atoms with Crippen molar-refractivity contribution in [2.24, 2.45) is 7.05 Å². The summed E-state index contributed by atoms with van der Waals surface area (Å²) >= 11 is 0. The maximum atomic E-state index is 13.2. The second kappa shape index (κ2) is 9.89. The van der Waals surface area contributed by atoms with Crippen molar-refractivity contribution in [3.8, 4) is 11.5 Å². The van der Waals surface area contributed by atoms with E-state index in [9.17, 15) is 9.59 Å². The lowest BCUT2D eigenvalue weighted by Crippen LogP contribution is -2.27. The molecule has 0 radical (unpaired) electrons. The monoisotopic (exact) mass is 453 g/mol. The fourth-order valence-corrected chi connectivity index (χ4v) is 3.43. The molecule has 3 aromatic rings. The van der Waals surface area contributed by atoms with Gasteiger partial charge in [0.05, 0.1) is 23.8 Å². The van der Waals surface area contributed by atoms with Crippen LogP contribution in [0.25, 0.3) is 11.0 Å². The van der Waals surface area contributed by atoms with Crippen LogP contribution < -0.4 is 14.8 Å². The Labute approximate surface area is 193 Å². The summed E-state index contributed by atoms with van der Waals surface area (Å²) in [4.78, 5) is 31.1. The van der Waals surface area contributed by atoms with E-state index in [0.29, 0.717) is 29.3 Å². The number of ether oxygens (including phenoxy) is 2. The molecular formula is C24H31N5O4. The van der Waals surface area contributed by atoms with Gasteiger partial charge in [0.25, 0.3) is 11.8 Å². The highest BCUT2D eigenvalue weighted by Gasteiger charge is 2.20. The van der Waals surface area contributed by atoms with E-state index in [2.05, 4.69) is 10.4 Å². The molecule has 9 heteroatoms. The number of amides is 2. The van der Waals surface area contributed by atoms with Crippen molar-refractivity contribution in [3.05, 3.63) is 46.8 Å². The van der Waals surface area contributed by atoms with Gasteiger partial charge in [-0.25, -0.2) is 4.98 Å². The van der Waals surface area contributed by atoms with Crippen molar-refractivity contribution < 1.29 is 19.1 Å². The number of benzene rings is 1. The molecule has 0 fully saturated rings. The molecule has 33 heavy (non-hydrogen) atoms. The molecule has 2 amide bonds. The average molecular weight is 454 g/mol. The zero-order valence-electron chi connectivity index (χ0n) is 20.2. The van der Waals surface area contributed by atoms with Crippen molar-refractivity contribution in [1.82, 2.24) is 25.0 Å². The van der Waals surface area contributed by atoms with Crippen molar-refractivity contribution in [2.75, 3.05) is 27.8 Å². The van der Waals surface area contributed by atoms with Gasteiger partial charge in [-0.1, -0.05) is 19.9 Å². The molecular weight excluding hydrogens is 422 g/mol. The summed E-state index contributed by atoms with van der Waals surface area (Å²) in [5.41, 5.74) is 3.69. The Morgan fingerprint density at radius 2 is 1.91 bits per heavy atom. The summed E-state index contributed by atoms with van der Waals surface area (Å²) in [5.74, 6) is 0.781. The molecule has 0 aliphatic carbocycles. The quantitative estimate of drug-likeness (QED) is 0.563. The summed E-state index contributed by atoms with van der Waals surface area (Å²) in [7, 11) is 6.70. The van der Waals surface area contributed by atoms with Gasteiger partial charge >= 0.3 is 0 Å². The topological polar surface area (TPSA) is 98.6 Å². The number of fused-ring (bicyclic) bond motifs is 1. The van der Waals surface area contributed by atoms with Crippen LogP contribution in [0.3, 0.4) is 0 Å². The molecule has 0 spiro atoms. The van der Waals surface area contributed by atoms with E-state index in [1.54, 1.807) is 30.9 Å². The predicted octanol–water partition coefficient (Wildman–Crippen LogP) is 2.81. The van der Waals surface area contributed by atoms with E-state index < -0.39 is 0 Å². The number of aromatic nitrogens is 3. The molecule has 2 heterocycles. The van der Waals surface area contributed by atoms with E-state index in [4.69, 9.17) is 14.5 Å². The van der Waals surface area contributed by atoms with Gasteiger partial charge in [0, 0.05) is 33.4 Å². The van der Waals surface area contributed by atoms with Crippen molar-refractivity contribution in [3.63, 3.8) is 0 Å². The number of carbonyl (C=O) groups is 2. The first-order chi connectivity index (χ1) is 15.6. The minimum atomic E-state index is -0.198. The lowest BCUT2D eigenvalue weighted by molar-refractivity contribution is -0.130. The van der Waals surface area contributed by atoms with Crippen molar-refractivity contribution in [2.45, 2.75) is 33.2 Å². The number of carbonyl (C=O) groups excluding carboxylic acids is 2. The number of hydrogen-bond donors (Lipinski definition) is 1. The number of methoxy groups -OCH3 is 1. The first kappa shape index (κ1) is 24.0. The third-order valence-corrected chi connectivity index (χ3v) is 5.36. The normalized spacial score (nSPS) is 11.0. The van der Waals surface area contributed by atoms with Gasteiger partial charge in [0.2, 0.25) is 0 Å². The number of pyridine rings is 1. The van der Waals surface area contributed by atoms with E-state index in [1.165, 1.54) is 12.0 Å². The van der Waals surface area contributed by atoms with Gasteiger partial charge in [-0.05, 0) is 36.6 Å². The standard InChI is InChI=1S/C24H31N5O4/c1-14(2)18-11-17(22-15(3)27-29(6)23(22)26-18)24(31)25-12-16-8-9-19(20(10-16)32-7)33-13-21(30)28(4)5/h8-11,14H,12-13H2,1-7H3,(H,25,31). The fraction of sp³-hybridized carbons (Fsp3) is 0.417. The molecule has 1 N–H and O–H groups in total. The van der Waals surface area contributed by atoms with Gasteiger partial charge < -0.3 is 19.7 Å². The Morgan fingerprint density at radius 1 is 1.18 bits per heavy atom. The molecule has 0 saturated heterocycles. The summed E-state index contributed by atoms with van der Waals surface area (Å²) < 4.78 is 12.7. The summed E-state index contributed by atoms with van der Waals surface area (Å²) in [6.45, 7) is 6.18. The second-order valence-electron chi connectivity index (χ2n) is 8.40. The van der Waals surface area contributed by atoms with Crippen LogP contribution in [0.4, 0.5) is 0 Å². The fourth-order valence-electron chi connectivity index (χ4n) is 3.43. The molecule has 0 unspecified atom stereocenters. The lowest BCUT2D eigenvalue weighted by atomic mass is 10.0. The van der Waals surface area contributed by atoms with Gasteiger partial charge in [-0.3, -0.25) is 14.3 Å². The third kappa shape index (κ3) is 5.24. The number of rotatable bonds is 8. The molecule has 0 aliphatic heterocycles. The van der Waals surface area contributed by atoms with Crippen LogP contribution in [0.1, 0.15) is 47.1 Å². The summed E-state index contributed by atoms with van der Waals surface area (Å²) in [6, 6.07) is 7.19. The third-order valence-electron chi connectivity index (χ3n) is 5.36. The van der Waals surface area contributed by atoms with Gasteiger partial charge in [0.15, 0.2) is 23.8 Å². The van der Waals surface area contributed by atoms with Crippen LogP contribution in [0.2, 0.25) is 0 Å². The Hall–Kier alpha value is -3.62. The van der Waals surface area contributed by atoms with Gasteiger partial charge in [-0.15, -0.1) is 0 Å². The number of nitrogens with one attached hydrogen (secondary N) is 1. The molecule has 0 bridgehead atoms. The van der Waals surface area contributed by atoms with Gasteiger partial charge in [0.1, 0.15) is 0 Å². The number of aryl methyl sites for hydroxylation is 2. The Morgan fingerprint density at radius 3 is 2.55 bits per heavy atom.